The van der Waals surface area contributed by atoms with Gasteiger partial charge in [-0.1, -0.05) is 41.6 Å². The third kappa shape index (κ3) is 5.40. The number of nitrogens with zero attached hydrogens (tertiary/aromatic N) is 1. The van der Waals surface area contributed by atoms with Crippen LogP contribution in [0.15, 0.2) is 71.1 Å². The van der Waals surface area contributed by atoms with Gasteiger partial charge in [-0.3, -0.25) is 9.59 Å². The minimum absolute atomic E-state index is 0.145. The monoisotopic (exact) mass is 483 g/mol. The first kappa shape index (κ1) is 22.1. The number of carbonyl (C=O) groups excluding carboxylic acids is 2. The second-order valence-corrected chi connectivity index (χ2v) is 9.35. The summed E-state index contributed by atoms with van der Waals surface area (Å²) in [7, 11) is 1.56. The topological polar surface area (TPSA) is 80.3 Å². The van der Waals surface area contributed by atoms with E-state index in [2.05, 4.69) is 15.6 Å². The third-order valence-electron chi connectivity index (χ3n) is 4.42. The van der Waals surface area contributed by atoms with Crippen molar-refractivity contribution in [1.82, 2.24) is 4.98 Å². The van der Waals surface area contributed by atoms with Crippen molar-refractivity contribution in [2.75, 3.05) is 23.5 Å². The van der Waals surface area contributed by atoms with Crippen molar-refractivity contribution in [3.8, 4) is 5.75 Å². The molecule has 0 aliphatic carbocycles. The van der Waals surface area contributed by atoms with Gasteiger partial charge in [0.25, 0.3) is 5.91 Å². The molecule has 0 unspecified atom stereocenters. The summed E-state index contributed by atoms with van der Waals surface area (Å²) in [4.78, 5) is 29.3. The number of para-hydroxylation sites is 2. The molecule has 0 aliphatic rings. The van der Waals surface area contributed by atoms with Crippen molar-refractivity contribution in [3.05, 3.63) is 77.3 Å². The van der Waals surface area contributed by atoms with Gasteiger partial charge in [0.2, 0.25) is 5.91 Å². The van der Waals surface area contributed by atoms with Crippen LogP contribution in [0.5, 0.6) is 5.75 Å². The normalized spacial score (nSPS) is 10.7. The molecular weight excluding hydrogens is 466 g/mol. The van der Waals surface area contributed by atoms with E-state index in [1.807, 2.05) is 24.3 Å². The number of fused-ring (bicyclic) bond motifs is 1. The number of hydrogen-bond donors (Lipinski definition) is 2. The smallest absolute Gasteiger partial charge is 0.255 e. The van der Waals surface area contributed by atoms with Crippen molar-refractivity contribution in [2.45, 2.75) is 4.34 Å². The highest BCUT2D eigenvalue weighted by atomic mass is 35.5. The van der Waals surface area contributed by atoms with E-state index >= 15 is 0 Å². The van der Waals surface area contributed by atoms with Gasteiger partial charge in [0, 0.05) is 16.3 Å². The Labute approximate surface area is 198 Å². The molecular formula is C23H18ClN3O3S2. The predicted molar refractivity (Wildman–Crippen MR) is 131 cm³/mol. The van der Waals surface area contributed by atoms with Crippen molar-refractivity contribution < 1.29 is 14.3 Å². The number of anilines is 2. The second-order valence-electron chi connectivity index (χ2n) is 6.66. The number of nitrogens with one attached hydrogen (secondary N) is 2. The van der Waals surface area contributed by atoms with Gasteiger partial charge >= 0.3 is 0 Å². The third-order valence-corrected chi connectivity index (χ3v) is 6.82. The summed E-state index contributed by atoms with van der Waals surface area (Å²) in [6, 6.07) is 19.5. The quantitative estimate of drug-likeness (QED) is 0.318. The lowest BCUT2D eigenvalue weighted by Crippen LogP contribution is -2.14. The Bertz CT molecular complexity index is 1290. The fourth-order valence-corrected chi connectivity index (χ4v) is 5.04. The van der Waals surface area contributed by atoms with Gasteiger partial charge < -0.3 is 15.4 Å². The molecule has 0 atom stereocenters. The van der Waals surface area contributed by atoms with Gasteiger partial charge in [-0.05, 0) is 48.5 Å². The molecule has 2 N–H and O–H groups in total. The van der Waals surface area contributed by atoms with E-state index in [4.69, 9.17) is 16.3 Å². The van der Waals surface area contributed by atoms with Crippen LogP contribution in [0, 0.1) is 0 Å². The van der Waals surface area contributed by atoms with E-state index < -0.39 is 0 Å². The van der Waals surface area contributed by atoms with Crippen LogP contribution in [0.1, 0.15) is 10.4 Å². The van der Waals surface area contributed by atoms with E-state index in [-0.39, 0.29) is 17.6 Å². The number of carbonyl (C=O) groups is 2. The van der Waals surface area contributed by atoms with Gasteiger partial charge in [0.05, 0.1) is 28.8 Å². The number of benzene rings is 3. The zero-order valence-electron chi connectivity index (χ0n) is 16.9. The van der Waals surface area contributed by atoms with Crippen LogP contribution < -0.4 is 15.4 Å². The first-order valence-electron chi connectivity index (χ1n) is 9.55. The van der Waals surface area contributed by atoms with Gasteiger partial charge in [0.15, 0.2) is 4.34 Å². The highest BCUT2D eigenvalue weighted by Gasteiger charge is 2.12. The Morgan fingerprint density at radius 2 is 1.91 bits per heavy atom. The molecule has 2 amide bonds. The van der Waals surface area contributed by atoms with Gasteiger partial charge in [0.1, 0.15) is 5.75 Å². The lowest BCUT2D eigenvalue weighted by Gasteiger charge is -2.09. The lowest BCUT2D eigenvalue weighted by atomic mass is 10.2. The minimum Gasteiger partial charge on any atom is -0.495 e. The average Bonchev–Trinajstić information content (AvgIpc) is 3.20. The van der Waals surface area contributed by atoms with Crippen molar-refractivity contribution in [3.63, 3.8) is 0 Å². The summed E-state index contributed by atoms with van der Waals surface area (Å²) < 4.78 is 6.94. The second kappa shape index (κ2) is 10.0. The highest BCUT2D eigenvalue weighted by molar-refractivity contribution is 8.01. The van der Waals surface area contributed by atoms with Gasteiger partial charge in [-0.2, -0.15) is 0 Å². The number of thiazole rings is 1. The molecule has 0 aliphatic heterocycles. The summed E-state index contributed by atoms with van der Waals surface area (Å²) >= 11 is 8.79. The van der Waals surface area contributed by atoms with Crippen molar-refractivity contribution >= 4 is 68.1 Å². The van der Waals surface area contributed by atoms with Crippen LogP contribution in [0.2, 0.25) is 5.02 Å². The number of ether oxygens (including phenoxy) is 1. The summed E-state index contributed by atoms with van der Waals surface area (Å²) in [6.07, 6.45) is 0. The SMILES string of the molecule is COc1ccccc1NC(=O)CSc1nc2ccc(NC(=O)c3cccc(Cl)c3)cc2s1. The number of methoxy groups -OCH3 is 1. The Morgan fingerprint density at radius 3 is 2.72 bits per heavy atom. The predicted octanol–water partition coefficient (Wildman–Crippen LogP) is 5.94. The number of thioether (sulfide) groups is 1. The Hall–Kier alpha value is -3.07. The minimum atomic E-state index is -0.237. The Kier molecular flexibility index (Phi) is 6.94. The fourth-order valence-electron chi connectivity index (χ4n) is 2.94. The molecule has 3 aromatic carbocycles. The van der Waals surface area contributed by atoms with Crippen LogP contribution in [0.25, 0.3) is 10.2 Å². The molecule has 0 fully saturated rings. The van der Waals surface area contributed by atoms with Crippen LogP contribution >= 0.6 is 34.7 Å². The summed E-state index contributed by atoms with van der Waals surface area (Å²) in [6.45, 7) is 0. The van der Waals surface area contributed by atoms with E-state index in [0.717, 1.165) is 14.6 Å². The highest BCUT2D eigenvalue weighted by Crippen LogP contribution is 2.32. The molecule has 0 radical (unpaired) electrons. The number of aromatic nitrogens is 1. The average molecular weight is 484 g/mol. The van der Waals surface area contributed by atoms with E-state index in [1.54, 1.807) is 49.6 Å². The van der Waals surface area contributed by atoms with Crippen molar-refractivity contribution in [2.24, 2.45) is 0 Å². The molecule has 0 bridgehead atoms. The summed E-state index contributed by atoms with van der Waals surface area (Å²) in [5, 5.41) is 6.23. The molecule has 32 heavy (non-hydrogen) atoms. The number of halogens is 1. The molecule has 162 valence electrons. The molecule has 0 saturated carbocycles. The number of amides is 2. The summed E-state index contributed by atoms with van der Waals surface area (Å²) in [5.74, 6) is 0.446. The maximum atomic E-state index is 12.4. The van der Waals surface area contributed by atoms with E-state index in [9.17, 15) is 9.59 Å². The fraction of sp³-hybridized carbons (Fsp3) is 0.0870. The van der Waals surface area contributed by atoms with Crippen LogP contribution in [0.3, 0.4) is 0 Å². The molecule has 4 aromatic rings. The first-order chi connectivity index (χ1) is 15.5. The molecule has 0 spiro atoms. The Balaban J connectivity index is 1.39. The van der Waals surface area contributed by atoms with E-state index in [1.165, 1.54) is 23.1 Å². The van der Waals surface area contributed by atoms with Crippen molar-refractivity contribution in [1.29, 1.82) is 0 Å². The van der Waals surface area contributed by atoms with Crippen LogP contribution in [-0.2, 0) is 4.79 Å². The number of rotatable bonds is 7. The zero-order chi connectivity index (χ0) is 22.5. The Morgan fingerprint density at radius 1 is 1.06 bits per heavy atom. The zero-order valence-corrected chi connectivity index (χ0v) is 19.3. The maximum absolute atomic E-state index is 12.4. The van der Waals surface area contributed by atoms with Crippen LogP contribution in [0.4, 0.5) is 11.4 Å². The largest absolute Gasteiger partial charge is 0.495 e. The standard InChI is InChI=1S/C23H18ClN3O3S2/c1-30-19-8-3-2-7-17(19)26-21(28)13-31-23-27-18-10-9-16(12-20(18)32-23)25-22(29)14-5-4-6-15(24)11-14/h2-12H,13H2,1H3,(H,25,29)(H,26,28). The molecule has 0 saturated heterocycles. The molecule has 1 aromatic heterocycles. The van der Waals surface area contributed by atoms with Gasteiger partial charge in [-0.15, -0.1) is 11.3 Å². The van der Waals surface area contributed by atoms with Gasteiger partial charge in [-0.25, -0.2) is 4.98 Å². The first-order valence-corrected chi connectivity index (χ1v) is 11.7. The van der Waals surface area contributed by atoms with Crippen LogP contribution in [-0.4, -0.2) is 29.7 Å². The summed E-state index contributed by atoms with van der Waals surface area (Å²) in [5.41, 5.74) is 2.59. The van der Waals surface area contributed by atoms with E-state index in [0.29, 0.717) is 27.7 Å². The molecule has 4 rings (SSSR count). The lowest BCUT2D eigenvalue weighted by molar-refractivity contribution is -0.113. The molecule has 9 heteroatoms. The maximum Gasteiger partial charge on any atom is 0.255 e. The molecule has 1 heterocycles. The molecule has 6 nitrogen and oxygen atoms in total. The number of hydrogen-bond acceptors (Lipinski definition) is 6.